The van der Waals surface area contributed by atoms with Gasteiger partial charge in [0, 0.05) is 0 Å². The molecule has 0 amide bonds. The maximum Gasteiger partial charge on any atom is 0.119 e. The smallest absolute Gasteiger partial charge is 0.119 e. The lowest BCUT2D eigenvalue weighted by atomic mass is 9.78. The number of hydrogen-bond acceptors (Lipinski definition) is 2. The Labute approximate surface area is 97.3 Å². The van der Waals surface area contributed by atoms with Gasteiger partial charge in [0.25, 0.3) is 0 Å². The van der Waals surface area contributed by atoms with Crippen LogP contribution in [0.1, 0.15) is 43.2 Å². The fourth-order valence-corrected chi connectivity index (χ4v) is 2.69. The summed E-state index contributed by atoms with van der Waals surface area (Å²) < 4.78 is 5.19. The molecule has 1 aliphatic rings. The second-order valence-electron chi connectivity index (χ2n) is 4.77. The van der Waals surface area contributed by atoms with Crippen LogP contribution in [-0.2, 0) is 5.60 Å². The molecule has 1 saturated carbocycles. The van der Waals surface area contributed by atoms with Crippen molar-refractivity contribution in [2.45, 2.75) is 44.6 Å². The van der Waals surface area contributed by atoms with Gasteiger partial charge in [-0.25, -0.2) is 0 Å². The van der Waals surface area contributed by atoms with Gasteiger partial charge in [0.1, 0.15) is 5.75 Å². The fraction of sp³-hybridized carbons (Fsp3) is 0.571. The summed E-state index contributed by atoms with van der Waals surface area (Å²) in [5.41, 5.74) is 1.60. The van der Waals surface area contributed by atoms with Crippen molar-refractivity contribution in [3.63, 3.8) is 0 Å². The third-order valence-electron chi connectivity index (χ3n) is 3.62. The molecule has 1 aliphatic carbocycles. The number of methoxy groups -OCH3 is 1. The van der Waals surface area contributed by atoms with Crippen molar-refractivity contribution in [1.29, 1.82) is 0 Å². The Hall–Kier alpha value is -1.02. The molecule has 1 fully saturated rings. The standard InChI is InChI=1S/C14H20O2/c1-11-10-12(16-2)6-7-13(11)14(15)8-4-3-5-9-14/h6-7,10,15H,3-5,8-9H2,1-2H3. The number of hydrogen-bond donors (Lipinski definition) is 1. The van der Waals surface area contributed by atoms with Crippen molar-refractivity contribution in [3.05, 3.63) is 29.3 Å². The van der Waals surface area contributed by atoms with Gasteiger partial charge in [0.2, 0.25) is 0 Å². The lowest BCUT2D eigenvalue weighted by Gasteiger charge is -2.33. The molecule has 1 aromatic carbocycles. The normalized spacial score (nSPS) is 19.4. The molecule has 1 N–H and O–H groups in total. The predicted molar refractivity (Wildman–Crippen MR) is 64.7 cm³/mol. The van der Waals surface area contributed by atoms with E-state index < -0.39 is 5.60 Å². The summed E-state index contributed by atoms with van der Waals surface area (Å²) in [5.74, 6) is 0.862. The van der Waals surface area contributed by atoms with E-state index in [9.17, 15) is 5.11 Å². The van der Waals surface area contributed by atoms with E-state index in [4.69, 9.17) is 4.74 Å². The Kier molecular flexibility index (Phi) is 3.20. The third-order valence-corrected chi connectivity index (χ3v) is 3.62. The van der Waals surface area contributed by atoms with E-state index in [2.05, 4.69) is 0 Å². The molecular weight excluding hydrogens is 200 g/mol. The second-order valence-corrected chi connectivity index (χ2v) is 4.77. The average Bonchev–Trinajstić information content (AvgIpc) is 2.29. The summed E-state index contributed by atoms with van der Waals surface area (Å²) in [5, 5.41) is 10.6. The molecule has 88 valence electrons. The first kappa shape index (κ1) is 11.5. The highest BCUT2D eigenvalue weighted by Crippen LogP contribution is 2.39. The van der Waals surface area contributed by atoms with Gasteiger partial charge in [0.15, 0.2) is 0 Å². The van der Waals surface area contributed by atoms with Crippen LogP contribution in [-0.4, -0.2) is 12.2 Å². The van der Waals surface area contributed by atoms with Gasteiger partial charge in [-0.3, -0.25) is 0 Å². The van der Waals surface area contributed by atoms with Gasteiger partial charge in [0.05, 0.1) is 12.7 Å². The van der Waals surface area contributed by atoms with Crippen molar-refractivity contribution in [3.8, 4) is 5.75 Å². The van der Waals surface area contributed by atoms with Gasteiger partial charge >= 0.3 is 0 Å². The van der Waals surface area contributed by atoms with Crippen molar-refractivity contribution < 1.29 is 9.84 Å². The minimum Gasteiger partial charge on any atom is -0.497 e. The fourth-order valence-electron chi connectivity index (χ4n) is 2.69. The van der Waals surface area contributed by atoms with E-state index in [1.807, 2.05) is 25.1 Å². The summed E-state index contributed by atoms with van der Waals surface area (Å²) in [7, 11) is 1.67. The molecule has 0 bridgehead atoms. The Balaban J connectivity index is 2.32. The molecule has 2 rings (SSSR count). The first-order valence-electron chi connectivity index (χ1n) is 6.03. The largest absolute Gasteiger partial charge is 0.497 e. The van der Waals surface area contributed by atoms with Crippen LogP contribution in [0.25, 0.3) is 0 Å². The van der Waals surface area contributed by atoms with Crippen molar-refractivity contribution >= 4 is 0 Å². The molecule has 16 heavy (non-hydrogen) atoms. The zero-order valence-electron chi connectivity index (χ0n) is 10.1. The maximum absolute atomic E-state index is 10.6. The lowest BCUT2D eigenvalue weighted by molar-refractivity contribution is -0.00120. The molecular formula is C14H20O2. The summed E-state index contributed by atoms with van der Waals surface area (Å²) in [6.07, 6.45) is 5.28. The van der Waals surface area contributed by atoms with Crippen LogP contribution in [0, 0.1) is 6.92 Å². The van der Waals surface area contributed by atoms with Crippen LogP contribution in [0.15, 0.2) is 18.2 Å². The Morgan fingerprint density at radius 2 is 1.88 bits per heavy atom. The molecule has 2 heteroatoms. The van der Waals surface area contributed by atoms with Crippen LogP contribution in [0.2, 0.25) is 0 Å². The number of rotatable bonds is 2. The first-order chi connectivity index (χ1) is 7.65. The van der Waals surface area contributed by atoms with Crippen LogP contribution >= 0.6 is 0 Å². The number of ether oxygens (including phenoxy) is 1. The van der Waals surface area contributed by atoms with E-state index in [1.54, 1.807) is 7.11 Å². The Morgan fingerprint density at radius 3 is 2.44 bits per heavy atom. The summed E-state index contributed by atoms with van der Waals surface area (Å²) in [6.45, 7) is 2.05. The average molecular weight is 220 g/mol. The van der Waals surface area contributed by atoms with Gasteiger partial charge in [-0.1, -0.05) is 25.3 Å². The second kappa shape index (κ2) is 4.46. The highest BCUT2D eigenvalue weighted by atomic mass is 16.5. The molecule has 0 atom stereocenters. The number of aryl methyl sites for hydroxylation is 1. The topological polar surface area (TPSA) is 29.5 Å². The molecule has 1 aromatic rings. The zero-order valence-corrected chi connectivity index (χ0v) is 10.1. The van der Waals surface area contributed by atoms with Crippen molar-refractivity contribution in [1.82, 2.24) is 0 Å². The summed E-state index contributed by atoms with van der Waals surface area (Å²) in [6, 6.07) is 5.95. The highest BCUT2D eigenvalue weighted by molar-refractivity contribution is 5.38. The molecule has 0 spiro atoms. The summed E-state index contributed by atoms with van der Waals surface area (Å²) in [4.78, 5) is 0. The SMILES string of the molecule is COc1ccc(C2(O)CCCCC2)c(C)c1. The highest BCUT2D eigenvalue weighted by Gasteiger charge is 2.32. The third kappa shape index (κ3) is 2.07. The number of aliphatic hydroxyl groups is 1. The van der Waals surface area contributed by atoms with Gasteiger partial charge in [-0.15, -0.1) is 0 Å². The van der Waals surface area contributed by atoms with Crippen LogP contribution in [0.5, 0.6) is 5.75 Å². The van der Waals surface area contributed by atoms with Crippen LogP contribution in [0.3, 0.4) is 0 Å². The first-order valence-corrected chi connectivity index (χ1v) is 6.03. The molecule has 0 aromatic heterocycles. The Morgan fingerprint density at radius 1 is 1.19 bits per heavy atom. The van der Waals surface area contributed by atoms with Gasteiger partial charge < -0.3 is 9.84 Å². The zero-order chi connectivity index (χ0) is 11.6. The van der Waals surface area contributed by atoms with Crippen LogP contribution < -0.4 is 4.74 Å². The van der Waals surface area contributed by atoms with Crippen LogP contribution in [0.4, 0.5) is 0 Å². The number of benzene rings is 1. The monoisotopic (exact) mass is 220 g/mol. The van der Waals surface area contributed by atoms with Gasteiger partial charge in [-0.2, -0.15) is 0 Å². The van der Waals surface area contributed by atoms with E-state index in [0.717, 1.165) is 42.6 Å². The Bertz CT molecular complexity index is 365. The minimum atomic E-state index is -0.603. The molecule has 2 nitrogen and oxygen atoms in total. The van der Waals surface area contributed by atoms with E-state index >= 15 is 0 Å². The maximum atomic E-state index is 10.6. The molecule has 0 saturated heterocycles. The van der Waals surface area contributed by atoms with E-state index in [-0.39, 0.29) is 0 Å². The molecule has 0 radical (unpaired) electrons. The van der Waals surface area contributed by atoms with Crippen molar-refractivity contribution in [2.24, 2.45) is 0 Å². The lowest BCUT2D eigenvalue weighted by Crippen LogP contribution is -2.29. The predicted octanol–water partition coefficient (Wildman–Crippen LogP) is 3.16. The molecule has 0 unspecified atom stereocenters. The minimum absolute atomic E-state index is 0.603. The van der Waals surface area contributed by atoms with E-state index in [1.165, 1.54) is 6.42 Å². The van der Waals surface area contributed by atoms with Gasteiger partial charge in [-0.05, 0) is 43.0 Å². The molecule has 0 heterocycles. The quantitative estimate of drug-likeness (QED) is 0.829. The summed E-state index contributed by atoms with van der Waals surface area (Å²) >= 11 is 0. The van der Waals surface area contributed by atoms with Crippen molar-refractivity contribution in [2.75, 3.05) is 7.11 Å². The van der Waals surface area contributed by atoms with E-state index in [0.29, 0.717) is 0 Å². The molecule has 0 aliphatic heterocycles.